The van der Waals surface area contributed by atoms with E-state index in [1.807, 2.05) is 12.3 Å². The molecule has 1 aliphatic rings. The lowest BCUT2D eigenvalue weighted by Gasteiger charge is -1.96. The van der Waals surface area contributed by atoms with Crippen LogP contribution in [-0.4, -0.2) is 6.21 Å². The molecule has 1 aliphatic heterocycles. The lowest BCUT2D eigenvalue weighted by molar-refractivity contribution is 1.28. The van der Waals surface area contributed by atoms with Crippen molar-refractivity contribution < 1.29 is 0 Å². The Balaban J connectivity index is 2.66. The van der Waals surface area contributed by atoms with Crippen molar-refractivity contribution in [3.63, 3.8) is 0 Å². The molecule has 0 amide bonds. The first-order chi connectivity index (χ1) is 3.93. The van der Waals surface area contributed by atoms with Gasteiger partial charge in [0.15, 0.2) is 0 Å². The maximum absolute atomic E-state index is 5.23. The van der Waals surface area contributed by atoms with E-state index in [9.17, 15) is 0 Å². The van der Waals surface area contributed by atoms with E-state index in [1.54, 1.807) is 12.4 Å². The van der Waals surface area contributed by atoms with Crippen LogP contribution in [-0.2, 0) is 0 Å². The molecule has 8 heavy (non-hydrogen) atoms. The van der Waals surface area contributed by atoms with Crippen LogP contribution >= 0.6 is 0 Å². The zero-order valence-corrected chi connectivity index (χ0v) is 4.54. The molecule has 2 N–H and O–H groups in total. The van der Waals surface area contributed by atoms with Crippen molar-refractivity contribution in [1.82, 2.24) is 0 Å². The summed E-state index contributed by atoms with van der Waals surface area (Å²) in [5, 5.41) is 0. The Kier molecular flexibility index (Phi) is 1.47. The van der Waals surface area contributed by atoms with Crippen LogP contribution in [0.25, 0.3) is 0 Å². The van der Waals surface area contributed by atoms with E-state index in [2.05, 4.69) is 4.99 Å². The molecule has 0 aliphatic carbocycles. The molecule has 0 unspecified atom stereocenters. The van der Waals surface area contributed by atoms with Crippen molar-refractivity contribution in [1.29, 1.82) is 0 Å². The Morgan fingerprint density at radius 2 is 2.62 bits per heavy atom. The second-order valence-corrected chi connectivity index (χ2v) is 1.59. The summed E-state index contributed by atoms with van der Waals surface area (Å²) in [6, 6.07) is 0. The van der Waals surface area contributed by atoms with Crippen LogP contribution in [0.4, 0.5) is 0 Å². The molecule has 0 aromatic carbocycles. The van der Waals surface area contributed by atoms with Gasteiger partial charge in [-0.1, -0.05) is 0 Å². The summed E-state index contributed by atoms with van der Waals surface area (Å²) in [7, 11) is 0. The van der Waals surface area contributed by atoms with E-state index in [0.717, 1.165) is 12.0 Å². The number of aliphatic imine (C=N–C) groups is 1. The summed E-state index contributed by atoms with van der Waals surface area (Å²) >= 11 is 0. The standard InChI is InChI=1S/C6H8N2/c7-5-6-1-3-8-4-2-6/h1,3-5H,2,7H2. The van der Waals surface area contributed by atoms with E-state index >= 15 is 0 Å². The highest BCUT2D eigenvalue weighted by Crippen LogP contribution is 2.02. The number of hydrogen-bond acceptors (Lipinski definition) is 2. The van der Waals surface area contributed by atoms with Crippen molar-refractivity contribution in [2.45, 2.75) is 6.42 Å². The Bertz CT molecular complexity index is 154. The van der Waals surface area contributed by atoms with Gasteiger partial charge < -0.3 is 5.73 Å². The fourth-order valence-corrected chi connectivity index (χ4v) is 0.549. The van der Waals surface area contributed by atoms with Gasteiger partial charge >= 0.3 is 0 Å². The topological polar surface area (TPSA) is 38.4 Å². The first kappa shape index (κ1) is 5.09. The molecule has 1 heterocycles. The van der Waals surface area contributed by atoms with Gasteiger partial charge in [0.1, 0.15) is 0 Å². The van der Waals surface area contributed by atoms with Gasteiger partial charge in [0.25, 0.3) is 0 Å². The van der Waals surface area contributed by atoms with Crippen LogP contribution in [0, 0.1) is 0 Å². The molecule has 0 spiro atoms. The molecule has 0 saturated heterocycles. The molecule has 0 saturated carbocycles. The van der Waals surface area contributed by atoms with Gasteiger partial charge in [-0.05, 0) is 17.8 Å². The van der Waals surface area contributed by atoms with Crippen molar-refractivity contribution >= 4 is 6.21 Å². The third kappa shape index (κ3) is 0.964. The summed E-state index contributed by atoms with van der Waals surface area (Å²) in [5.41, 5.74) is 6.35. The molecule has 0 bridgehead atoms. The highest BCUT2D eigenvalue weighted by Gasteiger charge is 1.89. The average Bonchev–Trinajstić information content (AvgIpc) is 1.90. The van der Waals surface area contributed by atoms with Crippen LogP contribution in [0.1, 0.15) is 6.42 Å². The van der Waals surface area contributed by atoms with Crippen molar-refractivity contribution in [2.75, 3.05) is 0 Å². The van der Waals surface area contributed by atoms with Gasteiger partial charge in [-0.3, -0.25) is 4.99 Å². The van der Waals surface area contributed by atoms with E-state index in [1.165, 1.54) is 0 Å². The van der Waals surface area contributed by atoms with E-state index < -0.39 is 0 Å². The van der Waals surface area contributed by atoms with Crippen LogP contribution in [0.2, 0.25) is 0 Å². The molecule has 1 rings (SSSR count). The summed E-state index contributed by atoms with van der Waals surface area (Å²) in [6.45, 7) is 0. The van der Waals surface area contributed by atoms with Crippen molar-refractivity contribution in [3.05, 3.63) is 24.0 Å². The van der Waals surface area contributed by atoms with Crippen LogP contribution < -0.4 is 5.73 Å². The minimum Gasteiger partial charge on any atom is -0.404 e. The highest BCUT2D eigenvalue weighted by molar-refractivity contribution is 5.65. The summed E-state index contributed by atoms with van der Waals surface area (Å²) in [6.07, 6.45) is 7.94. The SMILES string of the molecule is NC=C1C=CN=CC1. The first-order valence-electron chi connectivity index (χ1n) is 2.52. The average molecular weight is 108 g/mol. The Hall–Kier alpha value is -1.05. The predicted octanol–water partition coefficient (Wildman–Crippen LogP) is 0.817. The molecule has 0 aromatic rings. The number of hydrogen-bond donors (Lipinski definition) is 1. The second-order valence-electron chi connectivity index (χ2n) is 1.59. The summed E-state index contributed by atoms with van der Waals surface area (Å²) in [4.78, 5) is 3.87. The largest absolute Gasteiger partial charge is 0.404 e. The molecular weight excluding hydrogens is 100 g/mol. The fraction of sp³-hybridized carbons (Fsp3) is 0.167. The first-order valence-corrected chi connectivity index (χ1v) is 2.52. The Morgan fingerprint density at radius 1 is 1.75 bits per heavy atom. The number of rotatable bonds is 0. The van der Waals surface area contributed by atoms with E-state index in [-0.39, 0.29) is 0 Å². The molecular formula is C6H8N2. The Morgan fingerprint density at radius 3 is 3.00 bits per heavy atom. The quantitative estimate of drug-likeness (QED) is 0.490. The maximum Gasteiger partial charge on any atom is 0.0267 e. The fourth-order valence-electron chi connectivity index (χ4n) is 0.549. The predicted molar refractivity (Wildman–Crippen MR) is 34.5 cm³/mol. The highest BCUT2D eigenvalue weighted by atomic mass is 14.7. The lowest BCUT2D eigenvalue weighted by Crippen LogP contribution is -1.89. The number of nitrogens with zero attached hydrogens (tertiary/aromatic N) is 1. The number of nitrogens with two attached hydrogens (primary N) is 1. The smallest absolute Gasteiger partial charge is 0.0267 e. The molecule has 0 atom stereocenters. The van der Waals surface area contributed by atoms with Crippen LogP contribution in [0.15, 0.2) is 29.0 Å². The molecule has 2 nitrogen and oxygen atoms in total. The maximum atomic E-state index is 5.23. The molecule has 42 valence electrons. The van der Waals surface area contributed by atoms with Gasteiger partial charge in [0.05, 0.1) is 0 Å². The van der Waals surface area contributed by atoms with Crippen LogP contribution in [0.5, 0.6) is 0 Å². The normalized spacial score (nSPS) is 22.2. The van der Waals surface area contributed by atoms with Gasteiger partial charge in [-0.2, -0.15) is 0 Å². The van der Waals surface area contributed by atoms with Crippen molar-refractivity contribution in [3.8, 4) is 0 Å². The minimum absolute atomic E-state index is 0.868. The summed E-state index contributed by atoms with van der Waals surface area (Å²) in [5.74, 6) is 0. The van der Waals surface area contributed by atoms with Crippen LogP contribution in [0.3, 0.4) is 0 Å². The Labute approximate surface area is 48.4 Å². The van der Waals surface area contributed by atoms with Gasteiger partial charge in [-0.25, -0.2) is 0 Å². The van der Waals surface area contributed by atoms with Gasteiger partial charge in [0.2, 0.25) is 0 Å². The third-order valence-corrected chi connectivity index (χ3v) is 1.02. The van der Waals surface area contributed by atoms with Gasteiger partial charge in [-0.15, -0.1) is 0 Å². The second kappa shape index (κ2) is 2.31. The third-order valence-electron chi connectivity index (χ3n) is 1.02. The monoisotopic (exact) mass is 108 g/mol. The molecule has 0 fully saturated rings. The zero-order chi connectivity index (χ0) is 5.82. The lowest BCUT2D eigenvalue weighted by atomic mass is 10.2. The van der Waals surface area contributed by atoms with E-state index in [4.69, 9.17) is 5.73 Å². The van der Waals surface area contributed by atoms with Crippen molar-refractivity contribution in [2.24, 2.45) is 10.7 Å². The molecule has 0 radical (unpaired) electrons. The number of allylic oxidation sites excluding steroid dienone is 2. The zero-order valence-electron chi connectivity index (χ0n) is 4.54. The van der Waals surface area contributed by atoms with E-state index in [0.29, 0.717) is 0 Å². The molecule has 0 aromatic heterocycles. The molecule has 2 heteroatoms. The van der Waals surface area contributed by atoms with Gasteiger partial charge in [0, 0.05) is 18.8 Å². The summed E-state index contributed by atoms with van der Waals surface area (Å²) < 4.78 is 0. The minimum atomic E-state index is 0.868.